The number of nitrogens with one attached hydrogen (secondary N) is 1. The van der Waals surface area contributed by atoms with Crippen LogP contribution in [-0.2, 0) is 9.59 Å². The van der Waals surface area contributed by atoms with E-state index < -0.39 is 5.25 Å². The van der Waals surface area contributed by atoms with Crippen LogP contribution in [0.1, 0.15) is 13.3 Å². The lowest BCUT2D eigenvalue weighted by Gasteiger charge is -2.16. The summed E-state index contributed by atoms with van der Waals surface area (Å²) in [5.41, 5.74) is 2.07. The van der Waals surface area contributed by atoms with Gasteiger partial charge in [0.05, 0.1) is 23.7 Å². The van der Waals surface area contributed by atoms with Crippen LogP contribution in [0.25, 0.3) is 0 Å². The van der Waals surface area contributed by atoms with Crippen LogP contribution in [0, 0.1) is 0 Å². The number of nitrogens with zero attached hydrogens (tertiary/aromatic N) is 2. The third-order valence-electron chi connectivity index (χ3n) is 4.76. The number of aliphatic imine (C=N–C) groups is 1. The number of anilines is 2. The Morgan fingerprint density at radius 2 is 1.66 bits per heavy atom. The fraction of sp³-hybridized carbons (Fsp3) is 0.160. The average molecular weight is 446 g/mol. The highest BCUT2D eigenvalue weighted by atomic mass is 32.2. The Morgan fingerprint density at radius 3 is 2.38 bits per heavy atom. The first-order chi connectivity index (χ1) is 15.7. The van der Waals surface area contributed by atoms with Gasteiger partial charge in [-0.3, -0.25) is 14.5 Å². The number of hydrogen-bond acceptors (Lipinski definition) is 5. The molecule has 6 nitrogen and oxygen atoms in total. The van der Waals surface area contributed by atoms with Crippen molar-refractivity contribution in [2.75, 3.05) is 16.8 Å². The zero-order chi connectivity index (χ0) is 22.3. The Labute approximate surface area is 191 Å². The maximum absolute atomic E-state index is 13.3. The van der Waals surface area contributed by atoms with Gasteiger partial charge >= 0.3 is 0 Å². The maximum Gasteiger partial charge on any atom is 0.247 e. The van der Waals surface area contributed by atoms with Gasteiger partial charge in [-0.05, 0) is 43.3 Å². The van der Waals surface area contributed by atoms with Crippen molar-refractivity contribution < 1.29 is 14.3 Å². The van der Waals surface area contributed by atoms with Gasteiger partial charge in [-0.1, -0.05) is 60.3 Å². The van der Waals surface area contributed by atoms with E-state index in [2.05, 4.69) is 10.3 Å². The molecule has 1 heterocycles. The van der Waals surface area contributed by atoms with Crippen LogP contribution >= 0.6 is 11.8 Å². The summed E-state index contributed by atoms with van der Waals surface area (Å²) in [6.45, 7) is 2.38. The van der Waals surface area contributed by atoms with E-state index in [1.165, 1.54) is 11.8 Å². The molecule has 3 aromatic rings. The molecule has 1 aliphatic heterocycles. The van der Waals surface area contributed by atoms with Crippen molar-refractivity contribution in [2.45, 2.75) is 18.6 Å². The van der Waals surface area contributed by atoms with E-state index in [4.69, 9.17) is 4.74 Å². The fourth-order valence-electron chi connectivity index (χ4n) is 3.32. The summed E-state index contributed by atoms with van der Waals surface area (Å²) in [6.07, 6.45) is 0.0289. The molecule has 4 rings (SSSR count). The molecule has 1 N–H and O–H groups in total. The lowest BCUT2D eigenvalue weighted by Crippen LogP contribution is -2.33. The first-order valence-electron chi connectivity index (χ1n) is 10.4. The Morgan fingerprint density at radius 1 is 1.00 bits per heavy atom. The Hall–Kier alpha value is -3.58. The van der Waals surface area contributed by atoms with Gasteiger partial charge in [0, 0.05) is 6.42 Å². The predicted octanol–water partition coefficient (Wildman–Crippen LogP) is 5.25. The number of carbonyl (C=O) groups is 2. The summed E-state index contributed by atoms with van der Waals surface area (Å²) in [5, 5.41) is 2.86. The molecule has 7 heteroatoms. The molecule has 0 spiro atoms. The minimum absolute atomic E-state index is 0.0289. The van der Waals surface area contributed by atoms with Crippen molar-refractivity contribution in [1.29, 1.82) is 0 Å². The summed E-state index contributed by atoms with van der Waals surface area (Å²) in [7, 11) is 0. The van der Waals surface area contributed by atoms with Gasteiger partial charge in [-0.25, -0.2) is 4.99 Å². The van der Waals surface area contributed by atoms with Crippen LogP contribution in [0.5, 0.6) is 5.75 Å². The van der Waals surface area contributed by atoms with Gasteiger partial charge in [-0.15, -0.1) is 0 Å². The number of para-hydroxylation sites is 4. The molecule has 1 atom stereocenters. The summed E-state index contributed by atoms with van der Waals surface area (Å²) in [6, 6.07) is 26.1. The molecule has 0 unspecified atom stereocenters. The normalized spacial score (nSPS) is 16.9. The Bertz CT molecular complexity index is 1120. The third-order valence-corrected chi connectivity index (χ3v) is 5.90. The van der Waals surface area contributed by atoms with E-state index in [9.17, 15) is 9.59 Å². The van der Waals surface area contributed by atoms with Crippen molar-refractivity contribution >= 4 is 45.8 Å². The first-order valence-corrected chi connectivity index (χ1v) is 11.2. The van der Waals surface area contributed by atoms with Gasteiger partial charge in [-0.2, -0.15) is 0 Å². The maximum atomic E-state index is 13.3. The SMILES string of the molecule is CCOc1ccccc1NC(=O)C[C@@H]1SC(=Nc2ccccc2)N(c2ccccc2)C1=O. The summed E-state index contributed by atoms with van der Waals surface area (Å²) in [5.74, 6) is 0.187. The van der Waals surface area contributed by atoms with Crippen LogP contribution in [-0.4, -0.2) is 28.8 Å². The number of ether oxygens (including phenoxy) is 1. The van der Waals surface area contributed by atoms with E-state index in [0.29, 0.717) is 23.2 Å². The zero-order valence-electron chi connectivity index (χ0n) is 17.6. The van der Waals surface area contributed by atoms with Gasteiger partial charge in [0.25, 0.3) is 0 Å². The van der Waals surface area contributed by atoms with Crippen molar-refractivity contribution in [3.8, 4) is 5.75 Å². The van der Waals surface area contributed by atoms with Crippen LogP contribution in [0.4, 0.5) is 17.1 Å². The molecule has 0 aromatic heterocycles. The van der Waals surface area contributed by atoms with E-state index in [1.54, 1.807) is 17.0 Å². The molecule has 2 amide bonds. The zero-order valence-corrected chi connectivity index (χ0v) is 18.4. The number of thioether (sulfide) groups is 1. The van der Waals surface area contributed by atoms with E-state index in [1.807, 2.05) is 79.7 Å². The number of amidine groups is 1. The van der Waals surface area contributed by atoms with Crippen LogP contribution in [0.15, 0.2) is 89.9 Å². The van der Waals surface area contributed by atoms with Gasteiger partial charge in [0.1, 0.15) is 11.0 Å². The molecule has 3 aromatic carbocycles. The minimum Gasteiger partial charge on any atom is -0.492 e. The quantitative estimate of drug-likeness (QED) is 0.539. The second kappa shape index (κ2) is 10.2. The third kappa shape index (κ3) is 5.00. The van der Waals surface area contributed by atoms with Gasteiger partial charge < -0.3 is 10.1 Å². The Kier molecular flexibility index (Phi) is 6.87. The first kappa shape index (κ1) is 21.6. The average Bonchev–Trinajstić information content (AvgIpc) is 3.11. The standard InChI is InChI=1S/C25H23N3O3S/c1-2-31-21-16-10-9-15-20(21)27-23(29)17-22-24(30)28(19-13-7-4-8-14-19)25(32-22)26-18-11-5-3-6-12-18/h3-16,22H,2,17H2,1H3,(H,27,29)/t22-/m0/s1. The smallest absolute Gasteiger partial charge is 0.247 e. The molecule has 0 saturated carbocycles. The number of amides is 2. The molecular formula is C25H23N3O3S. The topological polar surface area (TPSA) is 71.0 Å². The van der Waals surface area contributed by atoms with Crippen LogP contribution < -0.4 is 15.0 Å². The van der Waals surface area contributed by atoms with Crippen molar-refractivity contribution in [3.05, 3.63) is 84.9 Å². The van der Waals surface area contributed by atoms with Crippen LogP contribution in [0.3, 0.4) is 0 Å². The molecular weight excluding hydrogens is 422 g/mol. The molecule has 1 aliphatic rings. The summed E-state index contributed by atoms with van der Waals surface area (Å²) >= 11 is 1.30. The number of rotatable bonds is 7. The second-order valence-corrected chi connectivity index (χ2v) is 8.20. The molecule has 0 aliphatic carbocycles. The molecule has 1 saturated heterocycles. The van der Waals surface area contributed by atoms with E-state index >= 15 is 0 Å². The second-order valence-electron chi connectivity index (χ2n) is 7.03. The predicted molar refractivity (Wildman–Crippen MR) is 130 cm³/mol. The molecule has 0 bridgehead atoms. The van der Waals surface area contributed by atoms with Crippen molar-refractivity contribution in [3.63, 3.8) is 0 Å². The van der Waals surface area contributed by atoms with Crippen molar-refractivity contribution in [1.82, 2.24) is 0 Å². The number of carbonyl (C=O) groups excluding carboxylic acids is 2. The highest BCUT2D eigenvalue weighted by Crippen LogP contribution is 2.35. The largest absolute Gasteiger partial charge is 0.492 e. The monoisotopic (exact) mass is 445 g/mol. The van der Waals surface area contributed by atoms with Gasteiger partial charge in [0.15, 0.2) is 5.17 Å². The van der Waals surface area contributed by atoms with Crippen molar-refractivity contribution in [2.24, 2.45) is 4.99 Å². The fourth-order valence-corrected chi connectivity index (χ4v) is 4.48. The molecule has 162 valence electrons. The number of benzene rings is 3. The van der Waals surface area contributed by atoms with E-state index in [0.717, 1.165) is 11.4 Å². The van der Waals surface area contributed by atoms with E-state index in [-0.39, 0.29) is 18.2 Å². The Balaban J connectivity index is 1.55. The van der Waals surface area contributed by atoms with Crippen LogP contribution in [0.2, 0.25) is 0 Å². The van der Waals surface area contributed by atoms with Gasteiger partial charge in [0.2, 0.25) is 11.8 Å². The lowest BCUT2D eigenvalue weighted by molar-refractivity contribution is -0.121. The highest BCUT2D eigenvalue weighted by Gasteiger charge is 2.40. The highest BCUT2D eigenvalue weighted by molar-refractivity contribution is 8.16. The number of hydrogen-bond donors (Lipinski definition) is 1. The lowest BCUT2D eigenvalue weighted by atomic mass is 10.2. The summed E-state index contributed by atoms with van der Waals surface area (Å²) in [4.78, 5) is 32.3. The molecule has 0 radical (unpaired) electrons. The molecule has 1 fully saturated rings. The minimum atomic E-state index is -0.572. The molecule has 32 heavy (non-hydrogen) atoms. The summed E-state index contributed by atoms with van der Waals surface area (Å²) < 4.78 is 5.57.